The second-order valence-electron chi connectivity index (χ2n) is 2.61. The lowest BCUT2D eigenvalue weighted by Gasteiger charge is -1.96. The minimum atomic E-state index is -0.495. The van der Waals surface area contributed by atoms with Crippen LogP contribution in [0.2, 0.25) is 0 Å². The zero-order chi connectivity index (χ0) is 10.1. The van der Waals surface area contributed by atoms with Crippen LogP contribution in [0, 0.1) is 10.1 Å². The number of nitro groups is 1. The highest BCUT2D eigenvalue weighted by Gasteiger charge is 2.10. The van der Waals surface area contributed by atoms with Crippen LogP contribution in [0.25, 0.3) is 11.0 Å². The third-order valence-electron chi connectivity index (χ3n) is 1.71. The third-order valence-corrected chi connectivity index (χ3v) is 1.71. The molecule has 0 aromatic carbocycles. The minimum Gasteiger partial charge on any atom is -0.383 e. The lowest BCUT2D eigenvalue weighted by atomic mass is 10.4. The molecule has 0 radical (unpaired) electrons. The Bertz CT molecular complexity index is 492. The van der Waals surface area contributed by atoms with Gasteiger partial charge in [0.05, 0.1) is 11.6 Å². The molecule has 2 aromatic heterocycles. The third kappa shape index (κ3) is 1.22. The van der Waals surface area contributed by atoms with E-state index in [4.69, 9.17) is 5.73 Å². The first-order chi connectivity index (χ1) is 6.68. The molecule has 0 atom stereocenters. The summed E-state index contributed by atoms with van der Waals surface area (Å²) in [6, 6.07) is 0. The first-order valence-electron chi connectivity index (χ1n) is 3.72. The number of aromatic nitrogens is 4. The molecule has 0 aliphatic carbocycles. The van der Waals surface area contributed by atoms with E-state index in [9.17, 15) is 10.1 Å². The first kappa shape index (κ1) is 8.35. The molecule has 14 heavy (non-hydrogen) atoms. The van der Waals surface area contributed by atoms with E-state index in [1.807, 2.05) is 0 Å². The van der Waals surface area contributed by atoms with E-state index in [2.05, 4.69) is 15.1 Å². The van der Waals surface area contributed by atoms with Crippen LogP contribution in [0.1, 0.15) is 0 Å². The van der Waals surface area contributed by atoms with Gasteiger partial charge in [-0.2, -0.15) is 9.78 Å². The average molecular weight is 194 g/mol. The Hall–Kier alpha value is -2.25. The zero-order valence-electron chi connectivity index (χ0n) is 6.99. The van der Waals surface area contributed by atoms with E-state index in [-0.39, 0.29) is 5.82 Å². The average Bonchev–Trinajstić information content (AvgIpc) is 2.49. The first-order valence-corrected chi connectivity index (χ1v) is 3.72. The van der Waals surface area contributed by atoms with E-state index >= 15 is 0 Å². The molecule has 0 aliphatic heterocycles. The van der Waals surface area contributed by atoms with Crippen molar-refractivity contribution in [3.05, 3.63) is 22.6 Å². The smallest absolute Gasteiger partial charge is 0.297 e. The van der Waals surface area contributed by atoms with E-state index < -0.39 is 11.6 Å². The monoisotopic (exact) mass is 194 g/mol. The van der Waals surface area contributed by atoms with Crippen LogP contribution in [0.4, 0.5) is 5.82 Å². The molecule has 2 rings (SSSR count). The Morgan fingerprint density at radius 3 is 3.07 bits per heavy atom. The Kier molecular flexibility index (Phi) is 1.73. The summed E-state index contributed by atoms with van der Waals surface area (Å²) in [6.45, 7) is -0.431. The fraction of sp³-hybridized carbons (Fsp3) is 0.167. The summed E-state index contributed by atoms with van der Waals surface area (Å²) < 4.78 is 1.16. The summed E-state index contributed by atoms with van der Waals surface area (Å²) in [5.74, 6) is 0.268. The van der Waals surface area contributed by atoms with Gasteiger partial charge in [0.25, 0.3) is 6.67 Å². The zero-order valence-corrected chi connectivity index (χ0v) is 6.99. The van der Waals surface area contributed by atoms with Gasteiger partial charge < -0.3 is 5.73 Å². The van der Waals surface area contributed by atoms with Gasteiger partial charge in [-0.3, -0.25) is 10.1 Å². The Morgan fingerprint density at radius 2 is 2.36 bits per heavy atom. The predicted octanol–water partition coefficient (Wildman–Crippen LogP) is -0.357. The minimum absolute atomic E-state index is 0.268. The summed E-state index contributed by atoms with van der Waals surface area (Å²) in [5, 5.41) is 14.6. The molecule has 2 aromatic rings. The summed E-state index contributed by atoms with van der Waals surface area (Å²) in [7, 11) is 0. The lowest BCUT2D eigenvalue weighted by Crippen LogP contribution is -2.09. The van der Waals surface area contributed by atoms with Gasteiger partial charge in [0, 0.05) is 4.92 Å². The standard InChI is InChI=1S/C6H6N6O2/c7-5-4-1-10-11(3-12(13)14)6(4)9-2-8-5/h1-2H,3H2,(H2,7,8,9). The molecular weight excluding hydrogens is 188 g/mol. The molecule has 2 N–H and O–H groups in total. The second-order valence-corrected chi connectivity index (χ2v) is 2.61. The Morgan fingerprint density at radius 1 is 1.57 bits per heavy atom. The van der Waals surface area contributed by atoms with Crippen molar-refractivity contribution in [3.63, 3.8) is 0 Å². The van der Waals surface area contributed by atoms with Gasteiger partial charge in [-0.25, -0.2) is 9.97 Å². The van der Waals surface area contributed by atoms with Crippen LogP contribution in [-0.4, -0.2) is 24.7 Å². The van der Waals surface area contributed by atoms with Crippen LogP contribution in [0.15, 0.2) is 12.5 Å². The van der Waals surface area contributed by atoms with Crippen LogP contribution < -0.4 is 5.73 Å². The van der Waals surface area contributed by atoms with Crippen LogP contribution in [0.3, 0.4) is 0 Å². The summed E-state index contributed by atoms with van der Waals surface area (Å²) in [5.41, 5.74) is 5.90. The summed E-state index contributed by atoms with van der Waals surface area (Å²) in [4.78, 5) is 17.4. The van der Waals surface area contributed by atoms with Gasteiger partial charge in [0.15, 0.2) is 5.65 Å². The normalized spacial score (nSPS) is 10.6. The van der Waals surface area contributed by atoms with Crippen molar-refractivity contribution in [3.8, 4) is 0 Å². The van der Waals surface area contributed by atoms with Crippen molar-refractivity contribution < 1.29 is 4.92 Å². The number of rotatable bonds is 2. The molecule has 0 spiro atoms. The highest BCUT2D eigenvalue weighted by atomic mass is 16.6. The van der Waals surface area contributed by atoms with E-state index in [1.54, 1.807) is 0 Å². The molecule has 8 heteroatoms. The molecule has 0 fully saturated rings. The number of hydrogen-bond acceptors (Lipinski definition) is 6. The van der Waals surface area contributed by atoms with Crippen molar-refractivity contribution in [1.82, 2.24) is 19.7 Å². The van der Waals surface area contributed by atoms with Crippen molar-refractivity contribution in [2.45, 2.75) is 6.67 Å². The molecular formula is C6H6N6O2. The number of fused-ring (bicyclic) bond motifs is 1. The summed E-state index contributed by atoms with van der Waals surface area (Å²) in [6.07, 6.45) is 2.66. The molecule has 0 saturated heterocycles. The number of nitrogen functional groups attached to an aromatic ring is 1. The molecule has 72 valence electrons. The molecule has 8 nitrogen and oxygen atoms in total. The van der Waals surface area contributed by atoms with Gasteiger partial charge in [-0.05, 0) is 0 Å². The van der Waals surface area contributed by atoms with Crippen molar-refractivity contribution in [2.75, 3.05) is 5.73 Å². The van der Waals surface area contributed by atoms with Gasteiger partial charge in [-0.1, -0.05) is 0 Å². The highest BCUT2D eigenvalue weighted by molar-refractivity contribution is 5.84. The maximum Gasteiger partial charge on any atom is 0.297 e. The van der Waals surface area contributed by atoms with Gasteiger partial charge in [0.1, 0.15) is 12.1 Å². The van der Waals surface area contributed by atoms with Gasteiger partial charge >= 0.3 is 0 Å². The number of anilines is 1. The Balaban J connectivity index is 2.58. The van der Waals surface area contributed by atoms with E-state index in [0.717, 1.165) is 4.68 Å². The predicted molar refractivity (Wildman–Crippen MR) is 46.7 cm³/mol. The largest absolute Gasteiger partial charge is 0.383 e. The maximum absolute atomic E-state index is 10.3. The second kappa shape index (κ2) is 2.91. The molecule has 0 saturated carbocycles. The van der Waals surface area contributed by atoms with Crippen molar-refractivity contribution in [2.24, 2.45) is 0 Å². The molecule has 0 unspecified atom stereocenters. The van der Waals surface area contributed by atoms with Crippen molar-refractivity contribution in [1.29, 1.82) is 0 Å². The SMILES string of the molecule is Nc1ncnc2c1cnn2C[N+](=O)[O-]. The van der Waals surface area contributed by atoms with Gasteiger partial charge in [-0.15, -0.1) is 0 Å². The fourth-order valence-corrected chi connectivity index (χ4v) is 1.12. The number of nitrogens with zero attached hydrogens (tertiary/aromatic N) is 5. The molecule has 0 amide bonds. The Labute approximate surface area is 77.5 Å². The lowest BCUT2D eigenvalue weighted by molar-refractivity contribution is -0.515. The van der Waals surface area contributed by atoms with Crippen LogP contribution in [0.5, 0.6) is 0 Å². The quantitative estimate of drug-likeness (QED) is 0.516. The number of nitrogens with two attached hydrogens (primary N) is 1. The van der Waals surface area contributed by atoms with Gasteiger partial charge in [0.2, 0.25) is 0 Å². The molecule has 0 aliphatic rings. The van der Waals surface area contributed by atoms with Crippen molar-refractivity contribution >= 4 is 16.9 Å². The van der Waals surface area contributed by atoms with Crippen LogP contribution >= 0.6 is 0 Å². The topological polar surface area (TPSA) is 113 Å². The number of hydrogen-bond donors (Lipinski definition) is 1. The van der Waals surface area contributed by atoms with E-state index in [0.29, 0.717) is 11.0 Å². The molecule has 2 heterocycles. The molecule has 0 bridgehead atoms. The van der Waals surface area contributed by atoms with E-state index in [1.165, 1.54) is 12.5 Å². The highest BCUT2D eigenvalue weighted by Crippen LogP contribution is 2.14. The summed E-state index contributed by atoms with van der Waals surface area (Å²) >= 11 is 0. The van der Waals surface area contributed by atoms with Crippen LogP contribution in [-0.2, 0) is 6.67 Å². The maximum atomic E-state index is 10.3. The fourth-order valence-electron chi connectivity index (χ4n) is 1.12.